The van der Waals surface area contributed by atoms with E-state index < -0.39 is 9.53 Å². The molecular formula is C22H31INO4P. The van der Waals surface area contributed by atoms with Crippen molar-refractivity contribution in [1.82, 2.24) is 4.90 Å². The van der Waals surface area contributed by atoms with Crippen LogP contribution in [0.25, 0.3) is 0 Å². The van der Waals surface area contributed by atoms with Crippen molar-refractivity contribution >= 4 is 38.2 Å². The molecule has 0 spiro atoms. The van der Waals surface area contributed by atoms with E-state index in [0.717, 1.165) is 17.7 Å². The van der Waals surface area contributed by atoms with Gasteiger partial charge in [-0.2, -0.15) is 0 Å². The van der Waals surface area contributed by atoms with Crippen molar-refractivity contribution < 1.29 is 19.1 Å². The quantitative estimate of drug-likeness (QED) is 0.204. The van der Waals surface area contributed by atoms with Crippen LogP contribution in [0.1, 0.15) is 47.5 Å². The Bertz CT molecular complexity index is 898. The predicted molar refractivity (Wildman–Crippen MR) is 127 cm³/mol. The van der Waals surface area contributed by atoms with Crippen molar-refractivity contribution in [2.75, 3.05) is 26.0 Å². The van der Waals surface area contributed by atoms with Gasteiger partial charge in [0.05, 0.1) is 0 Å². The van der Waals surface area contributed by atoms with Gasteiger partial charge in [-0.15, -0.1) is 0 Å². The van der Waals surface area contributed by atoms with Crippen LogP contribution >= 0.6 is 26.3 Å². The van der Waals surface area contributed by atoms with Crippen molar-refractivity contribution in [2.45, 2.75) is 52.7 Å². The van der Waals surface area contributed by atoms with Gasteiger partial charge in [-0.3, -0.25) is 0 Å². The summed E-state index contributed by atoms with van der Waals surface area (Å²) in [5, 5.41) is -0.241. The van der Waals surface area contributed by atoms with E-state index in [1.165, 1.54) is 11.1 Å². The van der Waals surface area contributed by atoms with Crippen LogP contribution in [-0.2, 0) is 19.1 Å². The standard InChI is InChI=1S/C22H31INO4P/c1-7-17-10-11-18-19(20(25)27-8-2)29(6,23)14-16(5)15(4)12-22(29,24(18)13-17)21(26)28-9-3/h10-11,13H,7-9,12,14H2,1-6H3. The van der Waals surface area contributed by atoms with Gasteiger partial charge in [-0.05, 0) is 0 Å². The Hall–Kier alpha value is -1.14. The number of halogens is 1. The second-order valence-corrected chi connectivity index (χ2v) is 20.9. The molecule has 1 unspecified atom stereocenters. The Balaban J connectivity index is 2.40. The minimum absolute atomic E-state index is 0.236. The first-order chi connectivity index (χ1) is 13.6. The molecule has 3 aliphatic heterocycles. The van der Waals surface area contributed by atoms with Crippen LogP contribution < -0.4 is 0 Å². The molecule has 0 aromatic carbocycles. The van der Waals surface area contributed by atoms with Crippen LogP contribution in [0.15, 0.2) is 46.1 Å². The van der Waals surface area contributed by atoms with Crippen LogP contribution in [0.2, 0.25) is 0 Å². The monoisotopic (exact) mass is 531 g/mol. The van der Waals surface area contributed by atoms with Gasteiger partial charge in [0.2, 0.25) is 0 Å². The number of hydrogen-bond acceptors (Lipinski definition) is 5. The van der Waals surface area contributed by atoms with Crippen molar-refractivity contribution in [2.24, 2.45) is 0 Å². The Labute approximate surface area is 186 Å². The zero-order chi connectivity index (χ0) is 21.6. The number of rotatable bonds is 5. The molecule has 160 valence electrons. The molecule has 0 saturated heterocycles. The fourth-order valence-corrected chi connectivity index (χ4v) is 15.0. The van der Waals surface area contributed by atoms with Crippen molar-refractivity contribution in [3.05, 3.63) is 46.1 Å². The number of nitrogens with zero attached hydrogens (tertiary/aromatic N) is 1. The molecule has 3 heterocycles. The normalized spacial score (nSPS) is 28.2. The first kappa shape index (κ1) is 22.5. The molecule has 0 radical (unpaired) electrons. The molecule has 3 rings (SSSR count). The molecule has 0 saturated carbocycles. The second kappa shape index (κ2) is 7.52. The number of carbonyl (C=O) groups is 2. The van der Waals surface area contributed by atoms with Gasteiger partial charge in [0.25, 0.3) is 0 Å². The van der Waals surface area contributed by atoms with Crippen LogP contribution in [0, 0.1) is 0 Å². The number of fused-ring (bicyclic) bond motifs is 3. The molecule has 0 N–H and O–H groups in total. The van der Waals surface area contributed by atoms with Crippen LogP contribution in [-0.4, -0.2) is 48.2 Å². The SMILES string of the molecule is CCOC(=O)C1=C2C=CC(CC)=CN2C2(C(=O)OCC)CC(C)=C(C)CP12(C)I. The zero-order valence-electron chi connectivity index (χ0n) is 18.2. The summed E-state index contributed by atoms with van der Waals surface area (Å²) in [7, 11) is 0. The van der Waals surface area contributed by atoms with Crippen molar-refractivity contribution in [3.63, 3.8) is 0 Å². The zero-order valence-corrected chi connectivity index (χ0v) is 21.2. The average molecular weight is 531 g/mol. The van der Waals surface area contributed by atoms with Gasteiger partial charge in [-0.25, -0.2) is 0 Å². The molecule has 1 atom stereocenters. The molecule has 0 fully saturated rings. The summed E-state index contributed by atoms with van der Waals surface area (Å²) in [5.41, 5.74) is 4.37. The van der Waals surface area contributed by atoms with Crippen molar-refractivity contribution in [3.8, 4) is 0 Å². The fourth-order valence-electron chi connectivity index (χ4n) is 4.92. The van der Waals surface area contributed by atoms with E-state index in [-0.39, 0.29) is 11.9 Å². The number of hydrogen-bond donors (Lipinski definition) is 0. The first-order valence-corrected chi connectivity index (χ1v) is 15.9. The third-order valence-corrected chi connectivity index (χ3v) is 16.6. The average Bonchev–Trinajstić information content (AvgIpc) is 2.83. The molecule has 0 aromatic heterocycles. The molecule has 0 bridgehead atoms. The minimum atomic E-state index is -3.20. The van der Waals surface area contributed by atoms with E-state index >= 15 is 0 Å². The molecule has 29 heavy (non-hydrogen) atoms. The summed E-state index contributed by atoms with van der Waals surface area (Å²) in [6.45, 7) is 12.7. The molecular weight excluding hydrogens is 500 g/mol. The Morgan fingerprint density at radius 1 is 1.14 bits per heavy atom. The maximum atomic E-state index is 13.7. The van der Waals surface area contributed by atoms with E-state index in [1.54, 1.807) is 0 Å². The molecule has 7 heteroatoms. The van der Waals surface area contributed by atoms with Crippen LogP contribution in [0.4, 0.5) is 0 Å². The second-order valence-electron chi connectivity index (χ2n) is 8.30. The van der Waals surface area contributed by atoms with E-state index in [9.17, 15) is 9.59 Å². The summed E-state index contributed by atoms with van der Waals surface area (Å²) < 4.78 is 8.04. The Morgan fingerprint density at radius 2 is 1.79 bits per heavy atom. The van der Waals surface area contributed by atoms with Crippen LogP contribution in [0.5, 0.6) is 0 Å². The van der Waals surface area contributed by atoms with Gasteiger partial charge in [0, 0.05) is 0 Å². The number of esters is 2. The van der Waals surface area contributed by atoms with Gasteiger partial charge in [0.1, 0.15) is 0 Å². The number of allylic oxidation sites excluding steroid dienone is 4. The predicted octanol–water partition coefficient (Wildman–Crippen LogP) is 5.47. The van der Waals surface area contributed by atoms with Crippen molar-refractivity contribution in [1.29, 1.82) is 0 Å². The molecule has 0 aliphatic carbocycles. The van der Waals surface area contributed by atoms with E-state index in [2.05, 4.69) is 60.6 Å². The van der Waals surface area contributed by atoms with E-state index in [4.69, 9.17) is 9.47 Å². The van der Waals surface area contributed by atoms with E-state index in [0.29, 0.717) is 31.1 Å². The fraction of sp³-hybridized carbons (Fsp3) is 0.545. The molecule has 0 amide bonds. The topological polar surface area (TPSA) is 55.8 Å². The van der Waals surface area contributed by atoms with Gasteiger partial charge in [0.15, 0.2) is 0 Å². The van der Waals surface area contributed by atoms with Gasteiger partial charge in [-0.1, -0.05) is 0 Å². The Kier molecular flexibility index (Phi) is 5.85. The third-order valence-electron chi connectivity index (χ3n) is 6.52. The summed E-state index contributed by atoms with van der Waals surface area (Å²) >= 11 is 2.48. The summed E-state index contributed by atoms with van der Waals surface area (Å²) in [5.74, 6) is -0.543. The number of carbonyl (C=O) groups excluding carboxylic acids is 2. The van der Waals surface area contributed by atoms with E-state index in [1.807, 2.05) is 26.0 Å². The summed E-state index contributed by atoms with van der Waals surface area (Å²) in [6, 6.07) is 0. The number of ether oxygens (including phenoxy) is 2. The van der Waals surface area contributed by atoms with Gasteiger partial charge >= 0.3 is 187 Å². The third kappa shape index (κ3) is 2.96. The van der Waals surface area contributed by atoms with Crippen LogP contribution in [0.3, 0.4) is 0 Å². The molecule has 0 aromatic rings. The van der Waals surface area contributed by atoms with Gasteiger partial charge < -0.3 is 0 Å². The molecule has 3 aliphatic rings. The summed E-state index contributed by atoms with van der Waals surface area (Å²) in [4.78, 5) is 29.1. The first-order valence-electron chi connectivity index (χ1n) is 10.2. The Morgan fingerprint density at radius 3 is 2.38 bits per heavy atom. The summed E-state index contributed by atoms with van der Waals surface area (Å²) in [6.07, 6.45) is 8.20. The molecule has 5 nitrogen and oxygen atoms in total. The maximum absolute atomic E-state index is 13.7.